The van der Waals surface area contributed by atoms with Gasteiger partial charge < -0.3 is 9.84 Å². The molecule has 22 heavy (non-hydrogen) atoms. The maximum atomic E-state index is 10.1. The maximum absolute atomic E-state index is 10.1. The molecule has 0 aromatic heterocycles. The lowest BCUT2D eigenvalue weighted by Gasteiger charge is -2.57. The monoisotopic (exact) mass is 302 g/mol. The van der Waals surface area contributed by atoms with Crippen molar-refractivity contribution in [2.24, 2.45) is 28.6 Å². The van der Waals surface area contributed by atoms with Gasteiger partial charge in [-0.3, -0.25) is 0 Å². The Morgan fingerprint density at radius 3 is 2.64 bits per heavy atom. The van der Waals surface area contributed by atoms with Crippen molar-refractivity contribution in [1.82, 2.24) is 0 Å². The smallest absolute Gasteiger partial charge is 0.0972 e. The van der Waals surface area contributed by atoms with Gasteiger partial charge in [0.25, 0.3) is 0 Å². The summed E-state index contributed by atoms with van der Waals surface area (Å²) in [5, 5.41) is 10.1. The molecule has 0 bridgehead atoms. The molecule has 0 aromatic rings. The zero-order valence-corrected chi connectivity index (χ0v) is 14.1. The van der Waals surface area contributed by atoms with Crippen LogP contribution in [0.5, 0.6) is 0 Å². The van der Waals surface area contributed by atoms with Crippen LogP contribution in [0.25, 0.3) is 0 Å². The summed E-state index contributed by atoms with van der Waals surface area (Å²) >= 11 is 0. The molecule has 1 spiro atoms. The van der Waals surface area contributed by atoms with Crippen LogP contribution in [0.3, 0.4) is 0 Å². The van der Waals surface area contributed by atoms with Gasteiger partial charge in [-0.25, -0.2) is 0 Å². The van der Waals surface area contributed by atoms with E-state index in [1.165, 1.54) is 38.5 Å². The van der Waals surface area contributed by atoms with Gasteiger partial charge in [0.2, 0.25) is 0 Å². The molecule has 2 nitrogen and oxygen atoms in total. The minimum atomic E-state index is -0.0839. The number of aliphatic hydroxyl groups excluding tert-OH is 1. The lowest BCUT2D eigenvalue weighted by Crippen LogP contribution is -2.51. The van der Waals surface area contributed by atoms with Gasteiger partial charge >= 0.3 is 0 Å². The number of allylic oxidation sites excluding steroid dienone is 1. The third-order valence-corrected chi connectivity index (χ3v) is 8.86. The van der Waals surface area contributed by atoms with Crippen molar-refractivity contribution >= 4 is 0 Å². The highest BCUT2D eigenvalue weighted by Crippen LogP contribution is 2.70. The van der Waals surface area contributed by atoms with Crippen LogP contribution in [0.15, 0.2) is 11.6 Å². The molecule has 1 aliphatic heterocycles. The third-order valence-electron chi connectivity index (χ3n) is 8.86. The summed E-state index contributed by atoms with van der Waals surface area (Å²) in [7, 11) is 0. The molecule has 7 atom stereocenters. The first-order valence-electron chi connectivity index (χ1n) is 9.50. The molecule has 4 fully saturated rings. The topological polar surface area (TPSA) is 32.8 Å². The Kier molecular flexibility index (Phi) is 2.67. The van der Waals surface area contributed by atoms with E-state index in [0.29, 0.717) is 10.8 Å². The molecular weight excluding hydrogens is 272 g/mol. The van der Waals surface area contributed by atoms with Crippen molar-refractivity contribution in [2.75, 3.05) is 6.61 Å². The highest BCUT2D eigenvalue weighted by atomic mass is 16.6. The second-order valence-corrected chi connectivity index (χ2v) is 9.43. The first kappa shape index (κ1) is 14.0. The summed E-state index contributed by atoms with van der Waals surface area (Å²) < 4.78 is 6.01. The number of epoxide rings is 1. The second kappa shape index (κ2) is 4.19. The molecule has 122 valence electrons. The van der Waals surface area contributed by atoms with Crippen LogP contribution in [0, 0.1) is 28.6 Å². The second-order valence-electron chi connectivity index (χ2n) is 9.43. The average Bonchev–Trinajstić information content (AvgIpc) is 3.22. The fourth-order valence-electron chi connectivity index (χ4n) is 7.30. The minimum absolute atomic E-state index is 0.0839. The molecular formula is C20H30O2. The predicted octanol–water partition coefficient (Wildman–Crippen LogP) is 4.08. The van der Waals surface area contributed by atoms with Crippen LogP contribution in [-0.4, -0.2) is 23.4 Å². The summed E-state index contributed by atoms with van der Waals surface area (Å²) in [4.78, 5) is 0. The van der Waals surface area contributed by atoms with Crippen molar-refractivity contribution < 1.29 is 9.84 Å². The average molecular weight is 302 g/mol. The van der Waals surface area contributed by atoms with Crippen LogP contribution in [-0.2, 0) is 4.74 Å². The van der Waals surface area contributed by atoms with E-state index in [-0.39, 0.29) is 11.7 Å². The van der Waals surface area contributed by atoms with E-state index >= 15 is 0 Å². The van der Waals surface area contributed by atoms with E-state index in [1.54, 1.807) is 5.57 Å². The Balaban J connectivity index is 1.51. The summed E-state index contributed by atoms with van der Waals surface area (Å²) in [6.07, 6.45) is 12.3. The molecule has 0 aromatic carbocycles. The maximum Gasteiger partial charge on any atom is 0.0972 e. The van der Waals surface area contributed by atoms with Gasteiger partial charge in [-0.05, 0) is 74.5 Å². The van der Waals surface area contributed by atoms with Gasteiger partial charge in [0.1, 0.15) is 0 Å². The Hall–Kier alpha value is -0.340. The van der Waals surface area contributed by atoms with Crippen LogP contribution < -0.4 is 0 Å². The van der Waals surface area contributed by atoms with Crippen LogP contribution >= 0.6 is 0 Å². The lowest BCUT2D eigenvalue weighted by atomic mass is 9.47. The Labute approximate surface area is 134 Å². The molecule has 3 saturated carbocycles. The lowest BCUT2D eigenvalue weighted by molar-refractivity contribution is -0.0556. The number of fused-ring (bicyclic) bond motifs is 6. The standard InChI is InChI=1S/C20H30O2/c1-18-8-5-14(21)11-13(18)3-4-15-16(18)6-9-19(2)17(15)7-10-20(19)12-22-20/h3,14-17,21H,4-12H2,1-2H3/t14-,15+,16-,17-,18-,19-,20-/m0/s1. The van der Waals surface area contributed by atoms with Crippen molar-refractivity contribution in [1.29, 1.82) is 0 Å². The van der Waals surface area contributed by atoms with E-state index < -0.39 is 0 Å². The number of rotatable bonds is 0. The van der Waals surface area contributed by atoms with E-state index in [9.17, 15) is 5.11 Å². The Bertz CT molecular complexity index is 534. The fourth-order valence-corrected chi connectivity index (χ4v) is 7.30. The zero-order valence-electron chi connectivity index (χ0n) is 14.1. The van der Waals surface area contributed by atoms with Gasteiger partial charge in [0.05, 0.1) is 18.3 Å². The highest BCUT2D eigenvalue weighted by Gasteiger charge is 2.69. The Morgan fingerprint density at radius 2 is 1.86 bits per heavy atom. The molecule has 0 unspecified atom stereocenters. The molecule has 2 heteroatoms. The molecule has 1 saturated heterocycles. The predicted molar refractivity (Wildman–Crippen MR) is 86.4 cm³/mol. The summed E-state index contributed by atoms with van der Waals surface area (Å²) in [6, 6.07) is 0. The molecule has 1 N–H and O–H groups in total. The van der Waals surface area contributed by atoms with Gasteiger partial charge in [-0.1, -0.05) is 25.5 Å². The Morgan fingerprint density at radius 1 is 1.09 bits per heavy atom. The van der Waals surface area contributed by atoms with E-state index in [4.69, 9.17) is 4.74 Å². The molecule has 1 heterocycles. The van der Waals surface area contributed by atoms with Gasteiger partial charge in [0, 0.05) is 5.41 Å². The van der Waals surface area contributed by atoms with Crippen molar-refractivity contribution in [2.45, 2.75) is 76.9 Å². The van der Waals surface area contributed by atoms with E-state index in [1.807, 2.05) is 0 Å². The molecule has 0 amide bonds. The zero-order chi connectivity index (χ0) is 15.2. The number of hydrogen-bond donors (Lipinski definition) is 1. The van der Waals surface area contributed by atoms with Gasteiger partial charge in [-0.2, -0.15) is 0 Å². The number of hydrogen-bond acceptors (Lipinski definition) is 2. The quantitative estimate of drug-likeness (QED) is 0.540. The highest BCUT2D eigenvalue weighted by molar-refractivity contribution is 5.27. The van der Waals surface area contributed by atoms with E-state index in [2.05, 4.69) is 19.9 Å². The van der Waals surface area contributed by atoms with Crippen molar-refractivity contribution in [3.63, 3.8) is 0 Å². The summed E-state index contributed by atoms with van der Waals surface area (Å²) in [6.45, 7) is 6.09. The fraction of sp³-hybridized carbons (Fsp3) is 0.900. The molecule has 5 rings (SSSR count). The molecule has 0 radical (unpaired) electrons. The largest absolute Gasteiger partial charge is 0.393 e. The van der Waals surface area contributed by atoms with Gasteiger partial charge in [-0.15, -0.1) is 0 Å². The van der Waals surface area contributed by atoms with Gasteiger partial charge in [0.15, 0.2) is 0 Å². The third kappa shape index (κ3) is 1.54. The van der Waals surface area contributed by atoms with Crippen LogP contribution in [0.1, 0.15) is 65.2 Å². The van der Waals surface area contributed by atoms with E-state index in [0.717, 1.165) is 37.2 Å². The summed E-state index contributed by atoms with van der Waals surface area (Å²) in [5.41, 5.74) is 2.69. The number of aliphatic hydroxyl groups is 1. The van der Waals surface area contributed by atoms with Crippen molar-refractivity contribution in [3.8, 4) is 0 Å². The first-order valence-corrected chi connectivity index (χ1v) is 9.50. The summed E-state index contributed by atoms with van der Waals surface area (Å²) in [5.74, 6) is 2.59. The molecule has 4 aliphatic carbocycles. The first-order chi connectivity index (χ1) is 10.5. The van der Waals surface area contributed by atoms with Crippen LogP contribution in [0.4, 0.5) is 0 Å². The minimum Gasteiger partial charge on any atom is -0.393 e. The van der Waals surface area contributed by atoms with Crippen molar-refractivity contribution in [3.05, 3.63) is 11.6 Å². The number of ether oxygens (including phenoxy) is 1. The normalized spacial score (nSPS) is 59.5. The SMILES string of the molecule is C[C@]12CC[C@H](O)CC1=CC[C@@H]1[C@@H]2CC[C@@]2(C)[C@H]1CC[C@]21CO1. The van der Waals surface area contributed by atoms with Crippen LogP contribution in [0.2, 0.25) is 0 Å². The molecule has 5 aliphatic rings.